The number of hydrogen-bond acceptors (Lipinski definition) is 5. The van der Waals surface area contributed by atoms with Gasteiger partial charge in [0.2, 0.25) is 0 Å². The quantitative estimate of drug-likeness (QED) is 0.289. The molecular formula is C27H30ClN3O2S. The Labute approximate surface area is 211 Å². The van der Waals surface area contributed by atoms with Gasteiger partial charge in [-0.25, -0.2) is 4.98 Å². The van der Waals surface area contributed by atoms with Gasteiger partial charge in [0.05, 0.1) is 17.3 Å². The smallest absolute Gasteiger partial charge is 0.260 e. The molecule has 0 spiro atoms. The van der Waals surface area contributed by atoms with Crippen molar-refractivity contribution >= 4 is 45.0 Å². The van der Waals surface area contributed by atoms with Crippen LogP contribution in [0.5, 0.6) is 5.75 Å². The minimum absolute atomic E-state index is 0. The van der Waals surface area contributed by atoms with Gasteiger partial charge in [0.15, 0.2) is 5.13 Å². The SMILES string of the molecule is COc1ccc2sc(N(CCCN(C)C)C(=O)c3ccc(Cc4ccccc4)cc3)nc2c1.Cl. The van der Waals surface area contributed by atoms with E-state index >= 15 is 0 Å². The van der Waals surface area contributed by atoms with Gasteiger partial charge in [0.1, 0.15) is 5.75 Å². The van der Waals surface area contributed by atoms with E-state index in [1.807, 2.05) is 79.7 Å². The van der Waals surface area contributed by atoms with E-state index in [4.69, 9.17) is 9.72 Å². The Balaban J connectivity index is 0.00000324. The highest BCUT2D eigenvalue weighted by atomic mass is 35.5. The highest BCUT2D eigenvalue weighted by molar-refractivity contribution is 7.22. The summed E-state index contributed by atoms with van der Waals surface area (Å²) in [7, 11) is 5.73. The summed E-state index contributed by atoms with van der Waals surface area (Å²) >= 11 is 1.54. The van der Waals surface area contributed by atoms with Crippen molar-refractivity contribution in [3.8, 4) is 5.75 Å². The summed E-state index contributed by atoms with van der Waals surface area (Å²) < 4.78 is 6.37. The van der Waals surface area contributed by atoms with Crippen molar-refractivity contribution < 1.29 is 9.53 Å². The number of methoxy groups -OCH3 is 1. The summed E-state index contributed by atoms with van der Waals surface area (Å²) in [5, 5.41) is 0.718. The van der Waals surface area contributed by atoms with Crippen molar-refractivity contribution in [2.75, 3.05) is 39.2 Å². The Morgan fingerprint density at radius 3 is 2.32 bits per heavy atom. The molecule has 1 aromatic heterocycles. The lowest BCUT2D eigenvalue weighted by Crippen LogP contribution is -2.33. The number of aromatic nitrogens is 1. The van der Waals surface area contributed by atoms with Crippen molar-refractivity contribution in [2.45, 2.75) is 12.8 Å². The lowest BCUT2D eigenvalue weighted by molar-refractivity contribution is 0.0986. The fourth-order valence-electron chi connectivity index (χ4n) is 3.72. The third-order valence-corrected chi connectivity index (χ3v) is 6.56. The number of ether oxygens (including phenoxy) is 1. The Morgan fingerprint density at radius 1 is 0.941 bits per heavy atom. The van der Waals surface area contributed by atoms with Crippen LogP contribution < -0.4 is 9.64 Å². The van der Waals surface area contributed by atoms with E-state index in [0.29, 0.717) is 12.1 Å². The van der Waals surface area contributed by atoms with Crippen LogP contribution in [0.2, 0.25) is 0 Å². The van der Waals surface area contributed by atoms with Crippen LogP contribution in [0.25, 0.3) is 10.2 Å². The summed E-state index contributed by atoms with van der Waals surface area (Å²) in [6.45, 7) is 1.51. The van der Waals surface area contributed by atoms with E-state index in [0.717, 1.165) is 40.5 Å². The molecule has 0 aliphatic carbocycles. The van der Waals surface area contributed by atoms with E-state index in [-0.39, 0.29) is 18.3 Å². The number of carbonyl (C=O) groups is 1. The number of benzene rings is 3. The number of fused-ring (bicyclic) bond motifs is 1. The predicted octanol–water partition coefficient (Wildman–Crippen LogP) is 5.92. The topological polar surface area (TPSA) is 45.7 Å². The maximum absolute atomic E-state index is 13.5. The molecule has 1 heterocycles. The molecule has 34 heavy (non-hydrogen) atoms. The second-order valence-electron chi connectivity index (χ2n) is 8.30. The number of halogens is 1. The molecule has 0 unspecified atom stereocenters. The molecule has 0 atom stereocenters. The predicted molar refractivity (Wildman–Crippen MR) is 144 cm³/mol. The summed E-state index contributed by atoms with van der Waals surface area (Å²) in [6.07, 6.45) is 1.71. The van der Waals surface area contributed by atoms with Crippen LogP contribution in [0.1, 0.15) is 27.9 Å². The number of anilines is 1. The molecule has 4 aromatic rings. The van der Waals surface area contributed by atoms with E-state index in [1.165, 1.54) is 22.5 Å². The normalized spacial score (nSPS) is 10.8. The molecule has 5 nitrogen and oxygen atoms in total. The summed E-state index contributed by atoms with van der Waals surface area (Å²) in [5.41, 5.74) is 3.96. The molecule has 0 saturated heterocycles. The van der Waals surface area contributed by atoms with Crippen molar-refractivity contribution in [1.82, 2.24) is 9.88 Å². The molecule has 0 aliphatic heterocycles. The zero-order chi connectivity index (χ0) is 23.2. The minimum atomic E-state index is -0.0222. The Kier molecular flexibility index (Phi) is 9.05. The first kappa shape index (κ1) is 25.7. The molecule has 0 radical (unpaired) electrons. The molecule has 0 N–H and O–H groups in total. The second kappa shape index (κ2) is 12.0. The fourth-order valence-corrected chi connectivity index (χ4v) is 4.69. The number of hydrogen-bond donors (Lipinski definition) is 0. The largest absolute Gasteiger partial charge is 0.497 e. The maximum Gasteiger partial charge on any atom is 0.260 e. The third-order valence-electron chi connectivity index (χ3n) is 5.50. The van der Waals surface area contributed by atoms with Gasteiger partial charge in [-0.2, -0.15) is 0 Å². The highest BCUT2D eigenvalue weighted by Crippen LogP contribution is 2.32. The molecule has 178 valence electrons. The molecule has 4 rings (SSSR count). The average molecular weight is 496 g/mol. The standard InChI is InChI=1S/C27H29N3O2S.ClH/c1-29(2)16-7-17-30(27-28-24-19-23(32-3)14-15-25(24)33-27)26(31)22-12-10-21(11-13-22)18-20-8-5-4-6-9-20;/h4-6,8-15,19H,7,16-18H2,1-3H3;1H. The zero-order valence-electron chi connectivity index (χ0n) is 19.7. The van der Waals surface area contributed by atoms with Gasteiger partial charge < -0.3 is 9.64 Å². The molecule has 1 amide bonds. The zero-order valence-corrected chi connectivity index (χ0v) is 21.4. The molecule has 3 aromatic carbocycles. The lowest BCUT2D eigenvalue weighted by Gasteiger charge is -2.21. The molecular weight excluding hydrogens is 466 g/mol. The number of nitrogens with zero attached hydrogens (tertiary/aromatic N) is 3. The number of thiazole rings is 1. The van der Waals surface area contributed by atoms with Crippen molar-refractivity contribution in [2.24, 2.45) is 0 Å². The Bertz CT molecular complexity index is 1210. The molecule has 0 aliphatic rings. The summed E-state index contributed by atoms with van der Waals surface area (Å²) in [6, 6.07) is 24.1. The van der Waals surface area contributed by atoms with Crippen LogP contribution in [-0.2, 0) is 6.42 Å². The minimum Gasteiger partial charge on any atom is -0.497 e. The van der Waals surface area contributed by atoms with E-state index in [1.54, 1.807) is 7.11 Å². The summed E-state index contributed by atoms with van der Waals surface area (Å²) in [4.78, 5) is 22.3. The molecule has 0 fully saturated rings. The molecule has 7 heteroatoms. The fraction of sp³-hybridized carbons (Fsp3) is 0.259. The van der Waals surface area contributed by atoms with Crippen LogP contribution in [0, 0.1) is 0 Å². The van der Waals surface area contributed by atoms with Crippen LogP contribution in [0.3, 0.4) is 0 Å². The van der Waals surface area contributed by atoms with Gasteiger partial charge in [-0.15, -0.1) is 12.4 Å². The van der Waals surface area contributed by atoms with Gasteiger partial charge in [0, 0.05) is 18.2 Å². The van der Waals surface area contributed by atoms with Gasteiger partial charge in [-0.3, -0.25) is 9.69 Å². The van der Waals surface area contributed by atoms with Gasteiger partial charge >= 0.3 is 0 Å². The average Bonchev–Trinajstić information content (AvgIpc) is 3.25. The Hall–Kier alpha value is -2.93. The van der Waals surface area contributed by atoms with Crippen LogP contribution in [0.15, 0.2) is 72.8 Å². The van der Waals surface area contributed by atoms with Crippen molar-refractivity contribution in [3.63, 3.8) is 0 Å². The molecule has 0 bridgehead atoms. The maximum atomic E-state index is 13.5. The number of amides is 1. The summed E-state index contributed by atoms with van der Waals surface area (Å²) in [5.74, 6) is 0.741. The number of rotatable bonds is 9. The van der Waals surface area contributed by atoms with E-state index < -0.39 is 0 Å². The van der Waals surface area contributed by atoms with Gasteiger partial charge in [-0.1, -0.05) is 53.8 Å². The third kappa shape index (κ3) is 6.35. The van der Waals surface area contributed by atoms with Crippen molar-refractivity contribution in [1.29, 1.82) is 0 Å². The van der Waals surface area contributed by atoms with E-state index in [2.05, 4.69) is 17.0 Å². The number of carbonyl (C=O) groups excluding carboxylic acids is 1. The van der Waals surface area contributed by atoms with Gasteiger partial charge in [0.25, 0.3) is 5.91 Å². The highest BCUT2D eigenvalue weighted by Gasteiger charge is 2.21. The first-order valence-corrected chi connectivity index (χ1v) is 11.9. The molecule has 0 saturated carbocycles. The van der Waals surface area contributed by atoms with Crippen LogP contribution >= 0.6 is 23.7 Å². The lowest BCUT2D eigenvalue weighted by atomic mass is 10.0. The second-order valence-corrected chi connectivity index (χ2v) is 9.31. The van der Waals surface area contributed by atoms with Gasteiger partial charge in [-0.05, 0) is 68.9 Å². The monoisotopic (exact) mass is 495 g/mol. The first-order chi connectivity index (χ1) is 16.0. The Morgan fingerprint density at radius 2 is 1.65 bits per heavy atom. The van der Waals surface area contributed by atoms with E-state index in [9.17, 15) is 4.79 Å². The first-order valence-electron chi connectivity index (χ1n) is 11.1. The van der Waals surface area contributed by atoms with Crippen molar-refractivity contribution in [3.05, 3.63) is 89.5 Å². The van der Waals surface area contributed by atoms with Crippen LogP contribution in [0.4, 0.5) is 5.13 Å². The van der Waals surface area contributed by atoms with Crippen LogP contribution in [-0.4, -0.2) is 50.1 Å².